The van der Waals surface area contributed by atoms with E-state index in [9.17, 15) is 22.4 Å². The molecule has 0 spiro atoms. The SMILES string of the molecule is CC(C)(C)OC(=O)NCCC(=O)N=C1S[C@@H]2CS(=O)(=O)C[C@H]2N1c1ccc(Br)cc1F. The first-order valence-electron chi connectivity index (χ1n) is 9.54. The fourth-order valence-electron chi connectivity index (χ4n) is 3.27. The molecule has 0 saturated carbocycles. The van der Waals surface area contributed by atoms with Crippen molar-refractivity contribution in [1.82, 2.24) is 5.32 Å². The van der Waals surface area contributed by atoms with E-state index in [0.29, 0.717) is 4.47 Å². The molecule has 0 aliphatic carbocycles. The van der Waals surface area contributed by atoms with Gasteiger partial charge in [0.2, 0.25) is 5.91 Å². The molecule has 2 heterocycles. The smallest absolute Gasteiger partial charge is 0.407 e. The number of nitrogens with zero attached hydrogens (tertiary/aromatic N) is 2. The van der Waals surface area contributed by atoms with Crippen LogP contribution in [0.25, 0.3) is 0 Å². The molecule has 0 unspecified atom stereocenters. The van der Waals surface area contributed by atoms with Crippen LogP contribution >= 0.6 is 27.7 Å². The Bertz CT molecular complexity index is 1030. The van der Waals surface area contributed by atoms with Gasteiger partial charge in [0.05, 0.1) is 23.2 Å². The van der Waals surface area contributed by atoms with Crippen LogP contribution in [0.15, 0.2) is 27.7 Å². The van der Waals surface area contributed by atoms with Crippen molar-refractivity contribution in [3.8, 4) is 0 Å². The Labute approximate surface area is 193 Å². The van der Waals surface area contributed by atoms with Crippen molar-refractivity contribution >= 4 is 60.4 Å². The van der Waals surface area contributed by atoms with E-state index in [4.69, 9.17) is 4.74 Å². The van der Waals surface area contributed by atoms with E-state index in [1.807, 2.05) is 0 Å². The Balaban J connectivity index is 1.75. The molecule has 8 nitrogen and oxygen atoms in total. The number of sulfone groups is 1. The number of carbonyl (C=O) groups is 2. The van der Waals surface area contributed by atoms with Crippen LogP contribution in [0.1, 0.15) is 27.2 Å². The van der Waals surface area contributed by atoms with Crippen molar-refractivity contribution in [3.05, 3.63) is 28.5 Å². The fraction of sp³-hybridized carbons (Fsp3) is 0.526. The van der Waals surface area contributed by atoms with Gasteiger partial charge in [0.1, 0.15) is 11.4 Å². The summed E-state index contributed by atoms with van der Waals surface area (Å²) in [6.07, 6.45) is -0.713. The molecule has 0 aromatic heterocycles. The molecule has 1 aromatic rings. The average molecular weight is 536 g/mol. The highest BCUT2D eigenvalue weighted by molar-refractivity contribution is 9.10. The summed E-state index contributed by atoms with van der Waals surface area (Å²) in [7, 11) is -3.25. The van der Waals surface area contributed by atoms with Crippen molar-refractivity contribution in [2.75, 3.05) is 23.0 Å². The summed E-state index contributed by atoms with van der Waals surface area (Å²) in [4.78, 5) is 29.7. The van der Waals surface area contributed by atoms with Crippen LogP contribution in [0.5, 0.6) is 0 Å². The number of hydrogen-bond acceptors (Lipinski definition) is 6. The molecule has 2 atom stereocenters. The second kappa shape index (κ2) is 9.07. The monoisotopic (exact) mass is 535 g/mol. The number of rotatable bonds is 4. The minimum Gasteiger partial charge on any atom is -0.444 e. The normalized spacial score (nSPS) is 23.6. The highest BCUT2D eigenvalue weighted by Crippen LogP contribution is 2.42. The number of thioether (sulfide) groups is 1. The summed E-state index contributed by atoms with van der Waals surface area (Å²) in [5, 5.41) is 2.41. The van der Waals surface area contributed by atoms with Gasteiger partial charge < -0.3 is 15.0 Å². The van der Waals surface area contributed by atoms with Crippen molar-refractivity contribution in [2.24, 2.45) is 4.99 Å². The van der Waals surface area contributed by atoms with Gasteiger partial charge in [0.15, 0.2) is 15.0 Å². The van der Waals surface area contributed by atoms with Crippen molar-refractivity contribution in [3.63, 3.8) is 0 Å². The Morgan fingerprint density at radius 2 is 2.06 bits per heavy atom. The van der Waals surface area contributed by atoms with Crippen LogP contribution in [0.3, 0.4) is 0 Å². The van der Waals surface area contributed by atoms with Gasteiger partial charge in [0, 0.05) is 22.7 Å². The number of ether oxygens (including phenoxy) is 1. The van der Waals surface area contributed by atoms with Gasteiger partial charge in [0.25, 0.3) is 0 Å². The Morgan fingerprint density at radius 3 is 2.71 bits per heavy atom. The van der Waals surface area contributed by atoms with E-state index in [-0.39, 0.29) is 40.6 Å². The first-order valence-corrected chi connectivity index (χ1v) is 13.0. The quantitative estimate of drug-likeness (QED) is 0.631. The summed E-state index contributed by atoms with van der Waals surface area (Å²) in [5.41, 5.74) is -0.485. The molecule has 31 heavy (non-hydrogen) atoms. The number of halogens is 2. The molecule has 1 aromatic carbocycles. The lowest BCUT2D eigenvalue weighted by molar-refractivity contribution is -0.117. The summed E-state index contributed by atoms with van der Waals surface area (Å²) < 4.78 is 44.5. The lowest BCUT2D eigenvalue weighted by Crippen LogP contribution is -2.38. The maximum absolute atomic E-state index is 14.7. The predicted octanol–water partition coefficient (Wildman–Crippen LogP) is 3.10. The molecule has 2 amide bonds. The molecule has 170 valence electrons. The summed E-state index contributed by atoms with van der Waals surface area (Å²) in [5.74, 6) is -1.24. The summed E-state index contributed by atoms with van der Waals surface area (Å²) >= 11 is 4.37. The van der Waals surface area contributed by atoms with Crippen LogP contribution in [0.4, 0.5) is 14.9 Å². The molecule has 3 rings (SSSR count). The van der Waals surface area contributed by atoms with Crippen LogP contribution in [0.2, 0.25) is 0 Å². The van der Waals surface area contributed by atoms with E-state index in [0.717, 1.165) is 11.8 Å². The standard InChI is InChI=1S/C19H23BrFN3O5S2/c1-19(2,3)29-18(26)22-7-6-16(25)23-17-24(13-5-4-11(20)8-12(13)21)14-9-31(27,28)10-15(14)30-17/h4-5,8,14-15H,6-7,9-10H2,1-3H3,(H,22,26)/t14-,15-/m1/s1. The molecule has 12 heteroatoms. The Morgan fingerprint density at radius 1 is 1.35 bits per heavy atom. The maximum atomic E-state index is 14.7. The van der Waals surface area contributed by atoms with Crippen LogP contribution < -0.4 is 10.2 Å². The van der Waals surface area contributed by atoms with Gasteiger partial charge in [-0.15, -0.1) is 0 Å². The highest BCUT2D eigenvalue weighted by atomic mass is 79.9. The fourth-order valence-corrected chi connectivity index (χ4v) is 7.53. The minimum atomic E-state index is -3.25. The number of amides is 2. The summed E-state index contributed by atoms with van der Waals surface area (Å²) in [6.45, 7) is 5.22. The first kappa shape index (κ1) is 24.0. The number of benzene rings is 1. The number of nitrogens with one attached hydrogen (secondary N) is 1. The third kappa shape index (κ3) is 6.19. The third-order valence-corrected chi connectivity index (χ3v) is 8.17. The largest absolute Gasteiger partial charge is 0.444 e. The number of anilines is 1. The minimum absolute atomic E-state index is 0.0308. The molecule has 0 bridgehead atoms. The summed E-state index contributed by atoms with van der Waals surface area (Å²) in [6, 6.07) is 3.94. The van der Waals surface area contributed by atoms with Gasteiger partial charge in [-0.2, -0.15) is 4.99 Å². The molecule has 2 fully saturated rings. The second-order valence-electron chi connectivity index (χ2n) is 8.23. The topological polar surface area (TPSA) is 105 Å². The molecular weight excluding hydrogens is 513 g/mol. The molecule has 2 aliphatic heterocycles. The maximum Gasteiger partial charge on any atom is 0.407 e. The lowest BCUT2D eigenvalue weighted by Gasteiger charge is -2.25. The van der Waals surface area contributed by atoms with E-state index < -0.39 is 39.3 Å². The van der Waals surface area contributed by atoms with Gasteiger partial charge in [-0.05, 0) is 39.0 Å². The van der Waals surface area contributed by atoms with Gasteiger partial charge >= 0.3 is 6.09 Å². The molecule has 2 aliphatic rings. The van der Waals surface area contributed by atoms with Crippen LogP contribution in [0, 0.1) is 5.82 Å². The van der Waals surface area contributed by atoms with Crippen molar-refractivity contribution < 1.29 is 27.1 Å². The number of hydrogen-bond donors (Lipinski definition) is 1. The zero-order chi connectivity index (χ0) is 23.0. The Kier molecular flexibility index (Phi) is 7.02. The zero-order valence-electron chi connectivity index (χ0n) is 17.2. The third-order valence-electron chi connectivity index (χ3n) is 4.46. The van der Waals surface area contributed by atoms with Crippen molar-refractivity contribution in [2.45, 2.75) is 44.1 Å². The van der Waals surface area contributed by atoms with Gasteiger partial charge in [-0.25, -0.2) is 17.6 Å². The van der Waals surface area contributed by atoms with E-state index >= 15 is 0 Å². The second-order valence-corrected chi connectivity index (χ2v) is 12.5. The van der Waals surface area contributed by atoms with Crippen molar-refractivity contribution in [1.29, 1.82) is 0 Å². The molecule has 2 saturated heterocycles. The Hall–Kier alpha value is -1.66. The number of amidine groups is 1. The highest BCUT2D eigenvalue weighted by Gasteiger charge is 2.50. The van der Waals surface area contributed by atoms with E-state index in [1.54, 1.807) is 26.8 Å². The number of alkyl carbamates (subject to hydrolysis) is 1. The molecular formula is C19H23BrFN3O5S2. The van der Waals surface area contributed by atoms with Gasteiger partial charge in [-0.3, -0.25) is 4.79 Å². The zero-order valence-corrected chi connectivity index (χ0v) is 20.4. The van der Waals surface area contributed by atoms with Crippen LogP contribution in [-0.2, 0) is 19.4 Å². The number of aliphatic imine (C=N–C) groups is 1. The van der Waals surface area contributed by atoms with E-state index in [1.165, 1.54) is 17.0 Å². The number of carbonyl (C=O) groups excluding carboxylic acids is 2. The van der Waals surface area contributed by atoms with Crippen LogP contribution in [-0.4, -0.2) is 60.5 Å². The predicted molar refractivity (Wildman–Crippen MR) is 122 cm³/mol. The van der Waals surface area contributed by atoms with E-state index in [2.05, 4.69) is 26.2 Å². The molecule has 1 N–H and O–H groups in total. The lowest BCUT2D eigenvalue weighted by atomic mass is 10.2. The number of fused-ring (bicyclic) bond motifs is 1. The molecule has 0 radical (unpaired) electrons. The average Bonchev–Trinajstić information content (AvgIpc) is 3.04. The first-order chi connectivity index (χ1) is 14.3. The van der Waals surface area contributed by atoms with Gasteiger partial charge in [-0.1, -0.05) is 27.7 Å².